The number of hydrogen-bond donors (Lipinski definition) is 3. The van der Waals surface area contributed by atoms with Crippen LogP contribution in [-0.4, -0.2) is 42.8 Å². The predicted octanol–water partition coefficient (Wildman–Crippen LogP) is -0.345. The van der Waals surface area contributed by atoms with Crippen molar-refractivity contribution in [3.8, 4) is 0 Å². The minimum absolute atomic E-state index is 0.152. The molecule has 4 N–H and O–H groups in total. The van der Waals surface area contributed by atoms with E-state index in [9.17, 15) is 9.59 Å². The molecule has 1 fully saturated rings. The molecule has 2 aliphatic rings. The van der Waals surface area contributed by atoms with Crippen molar-refractivity contribution in [3.05, 3.63) is 0 Å². The average Bonchev–Trinajstić information content (AvgIpc) is 2.46. The third kappa shape index (κ3) is 4.57. The van der Waals surface area contributed by atoms with E-state index in [1.165, 1.54) is 0 Å². The molecule has 1 heterocycles. The number of hydrogen-bond acceptors (Lipinski definition) is 5. The Morgan fingerprint density at radius 2 is 2.10 bits per heavy atom. The number of amides is 2. The molecule has 7 heteroatoms. The Morgan fingerprint density at radius 1 is 1.35 bits per heavy atom. The Bertz CT molecular complexity index is 389. The third-order valence-corrected chi connectivity index (χ3v) is 3.63. The molecule has 20 heavy (non-hydrogen) atoms. The zero-order valence-corrected chi connectivity index (χ0v) is 11.6. The molecular weight excluding hydrogens is 260 g/mol. The molecule has 0 atom stereocenters. The van der Waals surface area contributed by atoms with Crippen molar-refractivity contribution in [2.24, 2.45) is 10.8 Å². The number of nitrogens with two attached hydrogens (primary N) is 1. The summed E-state index contributed by atoms with van der Waals surface area (Å²) in [6, 6.07) is 0.314. The normalized spacial score (nSPS) is 26.6. The minimum Gasteiger partial charge on any atom is -0.376 e. The number of hydrazone groups is 1. The topological polar surface area (TPSA) is 106 Å². The summed E-state index contributed by atoms with van der Waals surface area (Å²) >= 11 is 0. The van der Waals surface area contributed by atoms with Crippen LogP contribution in [0.4, 0.5) is 0 Å². The quantitative estimate of drug-likeness (QED) is 0.599. The highest BCUT2D eigenvalue weighted by Gasteiger charge is 2.20. The van der Waals surface area contributed by atoms with E-state index in [2.05, 4.69) is 15.8 Å². The molecule has 7 nitrogen and oxygen atoms in total. The van der Waals surface area contributed by atoms with Gasteiger partial charge in [0.2, 0.25) is 5.91 Å². The lowest BCUT2D eigenvalue weighted by molar-refractivity contribution is -0.121. The van der Waals surface area contributed by atoms with Gasteiger partial charge in [0.05, 0.1) is 12.7 Å². The second-order valence-electron chi connectivity index (χ2n) is 5.26. The van der Waals surface area contributed by atoms with Crippen LogP contribution in [0.15, 0.2) is 5.10 Å². The summed E-state index contributed by atoms with van der Waals surface area (Å²) in [5.74, 6) is -0.389. The second kappa shape index (κ2) is 7.35. The van der Waals surface area contributed by atoms with Gasteiger partial charge in [0.15, 0.2) is 0 Å². The Morgan fingerprint density at radius 3 is 2.75 bits per heavy atom. The van der Waals surface area contributed by atoms with Crippen molar-refractivity contribution < 1.29 is 14.3 Å². The Balaban J connectivity index is 1.59. The lowest BCUT2D eigenvalue weighted by Gasteiger charge is -2.26. The van der Waals surface area contributed by atoms with E-state index >= 15 is 0 Å². The molecule has 0 spiro atoms. The summed E-state index contributed by atoms with van der Waals surface area (Å²) in [4.78, 5) is 22.6. The van der Waals surface area contributed by atoms with Gasteiger partial charge in [-0.1, -0.05) is 0 Å². The van der Waals surface area contributed by atoms with Gasteiger partial charge < -0.3 is 15.8 Å². The number of nitrogens with zero attached hydrogens (tertiary/aromatic N) is 1. The first-order valence-electron chi connectivity index (χ1n) is 7.16. The first-order chi connectivity index (χ1) is 9.65. The monoisotopic (exact) mass is 282 g/mol. The molecule has 0 radical (unpaired) electrons. The van der Waals surface area contributed by atoms with E-state index in [1.54, 1.807) is 0 Å². The predicted molar refractivity (Wildman–Crippen MR) is 74.0 cm³/mol. The van der Waals surface area contributed by atoms with E-state index in [0.717, 1.165) is 25.7 Å². The maximum absolute atomic E-state index is 11.7. The highest BCUT2D eigenvalue weighted by Crippen LogP contribution is 2.19. The van der Waals surface area contributed by atoms with Crippen molar-refractivity contribution in [2.45, 2.75) is 50.7 Å². The summed E-state index contributed by atoms with van der Waals surface area (Å²) in [7, 11) is 0. The molecule has 0 aromatic rings. The minimum atomic E-state index is -0.237. The largest absolute Gasteiger partial charge is 0.376 e. The van der Waals surface area contributed by atoms with Crippen molar-refractivity contribution in [1.29, 1.82) is 0 Å². The Labute approximate surface area is 118 Å². The van der Waals surface area contributed by atoms with Gasteiger partial charge in [-0.2, -0.15) is 5.10 Å². The number of nitrogens with one attached hydrogen (secondary N) is 2. The highest BCUT2D eigenvalue weighted by atomic mass is 16.5. The van der Waals surface area contributed by atoms with Gasteiger partial charge in [-0.3, -0.25) is 9.59 Å². The van der Waals surface area contributed by atoms with Crippen LogP contribution in [-0.2, 0) is 14.3 Å². The van der Waals surface area contributed by atoms with Crippen LogP contribution in [0.25, 0.3) is 0 Å². The second-order valence-corrected chi connectivity index (χ2v) is 5.26. The van der Waals surface area contributed by atoms with Crippen LogP contribution < -0.4 is 16.5 Å². The molecule has 0 aromatic carbocycles. The van der Waals surface area contributed by atoms with Crippen molar-refractivity contribution in [1.82, 2.24) is 10.7 Å². The van der Waals surface area contributed by atoms with E-state index in [-0.39, 0.29) is 17.9 Å². The van der Waals surface area contributed by atoms with Crippen LogP contribution in [0.2, 0.25) is 0 Å². The van der Waals surface area contributed by atoms with Crippen molar-refractivity contribution in [2.75, 3.05) is 13.2 Å². The number of carbonyl (C=O) groups is 2. The van der Waals surface area contributed by atoms with Crippen LogP contribution in [0.1, 0.15) is 38.5 Å². The van der Waals surface area contributed by atoms with Crippen molar-refractivity contribution >= 4 is 17.5 Å². The van der Waals surface area contributed by atoms with Crippen LogP contribution >= 0.6 is 0 Å². The molecule has 0 aromatic heterocycles. The zero-order chi connectivity index (χ0) is 14.4. The lowest BCUT2D eigenvalue weighted by Crippen LogP contribution is -2.38. The third-order valence-electron chi connectivity index (χ3n) is 3.63. The molecule has 112 valence electrons. The van der Waals surface area contributed by atoms with Gasteiger partial charge >= 0.3 is 0 Å². The van der Waals surface area contributed by atoms with Crippen LogP contribution in [0, 0.1) is 0 Å². The highest BCUT2D eigenvalue weighted by molar-refractivity contribution is 6.39. The van der Waals surface area contributed by atoms with Crippen LogP contribution in [0.5, 0.6) is 0 Å². The summed E-state index contributed by atoms with van der Waals surface area (Å²) in [5, 5.41) is 6.48. The Kier molecular flexibility index (Phi) is 5.49. The first kappa shape index (κ1) is 14.9. The first-order valence-corrected chi connectivity index (χ1v) is 7.16. The number of ether oxygens (including phenoxy) is 1. The molecule has 0 unspecified atom stereocenters. The summed E-state index contributed by atoms with van der Waals surface area (Å²) in [5.41, 5.74) is 8.50. The van der Waals surface area contributed by atoms with Gasteiger partial charge in [-0.25, -0.2) is 5.43 Å². The maximum atomic E-state index is 11.7. The molecule has 2 rings (SSSR count). The SMILES string of the molecule is NC1CCC(OCCNC(=O)C2=NNC(=O)CC2)CC1. The van der Waals surface area contributed by atoms with Crippen LogP contribution in [0.3, 0.4) is 0 Å². The summed E-state index contributed by atoms with van der Waals surface area (Å²) < 4.78 is 5.71. The summed E-state index contributed by atoms with van der Waals surface area (Å²) in [6.07, 6.45) is 4.96. The fourth-order valence-electron chi connectivity index (χ4n) is 2.39. The van der Waals surface area contributed by atoms with Gasteiger partial charge in [0.25, 0.3) is 5.91 Å². The van der Waals surface area contributed by atoms with Gasteiger partial charge in [0.1, 0.15) is 5.71 Å². The van der Waals surface area contributed by atoms with E-state index in [4.69, 9.17) is 10.5 Å². The van der Waals surface area contributed by atoms with Gasteiger partial charge in [0, 0.05) is 25.4 Å². The molecule has 0 saturated heterocycles. The number of rotatable bonds is 5. The molecular formula is C13H22N4O3. The fourth-order valence-corrected chi connectivity index (χ4v) is 2.39. The van der Waals surface area contributed by atoms with Crippen molar-refractivity contribution in [3.63, 3.8) is 0 Å². The zero-order valence-electron chi connectivity index (χ0n) is 11.6. The molecule has 2 amide bonds. The van der Waals surface area contributed by atoms with E-state index in [0.29, 0.717) is 37.7 Å². The lowest BCUT2D eigenvalue weighted by atomic mass is 9.94. The fraction of sp³-hybridized carbons (Fsp3) is 0.769. The van der Waals surface area contributed by atoms with E-state index in [1.807, 2.05) is 0 Å². The van der Waals surface area contributed by atoms with Gasteiger partial charge in [-0.05, 0) is 25.7 Å². The number of carbonyl (C=O) groups excluding carboxylic acids is 2. The summed E-state index contributed by atoms with van der Waals surface area (Å²) in [6.45, 7) is 0.944. The molecule has 0 bridgehead atoms. The Hall–Kier alpha value is -1.47. The smallest absolute Gasteiger partial charge is 0.267 e. The molecule has 1 saturated carbocycles. The molecule has 1 aliphatic carbocycles. The maximum Gasteiger partial charge on any atom is 0.267 e. The van der Waals surface area contributed by atoms with E-state index < -0.39 is 0 Å². The van der Waals surface area contributed by atoms with Gasteiger partial charge in [-0.15, -0.1) is 0 Å². The average molecular weight is 282 g/mol. The standard InChI is InChI=1S/C13H22N4O3/c14-9-1-3-10(4-2-9)20-8-7-15-13(19)11-5-6-12(18)17-16-11/h9-10H,1-8,14H2,(H,15,19)(H,17,18). The molecule has 1 aliphatic heterocycles.